The maximum absolute atomic E-state index is 12.8. The number of hydrogen-bond donors (Lipinski definition) is 2. The second-order valence-corrected chi connectivity index (χ2v) is 9.50. The first-order valence-corrected chi connectivity index (χ1v) is 14.1. The van der Waals surface area contributed by atoms with Gasteiger partial charge in [-0.2, -0.15) is 5.10 Å². The zero-order chi connectivity index (χ0) is 32.9. The standard InChI is InChI=1S/C35H31N3O8/c1-4-44-32-19-25(13-16-30(32)46-33(40)18-14-24-9-6-5-7-10-24)22-36-38-35(42)26-11-8-12-28(20-26)37-34(41)27-15-17-29(45-23(2)39)31(21-27)43-3/h5-22H,4H2,1-3H3,(H,37,41)(H,38,42)/b18-14+,36-22?. The Kier molecular flexibility index (Phi) is 11.4. The van der Waals surface area contributed by atoms with Crippen molar-refractivity contribution >= 4 is 41.7 Å². The largest absolute Gasteiger partial charge is 0.493 e. The SMILES string of the molecule is CCOc1cc(C=NNC(=O)c2cccc(NC(=O)c3ccc(OC(C)=O)c(OC)c3)c2)ccc1OC(=O)/C=C/c1ccccc1. The molecule has 0 aliphatic rings. The van der Waals surface area contributed by atoms with Crippen LogP contribution in [-0.4, -0.2) is 43.7 Å². The Morgan fingerprint density at radius 2 is 1.48 bits per heavy atom. The Balaban J connectivity index is 1.37. The van der Waals surface area contributed by atoms with E-state index in [4.69, 9.17) is 18.9 Å². The molecule has 4 aromatic carbocycles. The average Bonchev–Trinajstić information content (AvgIpc) is 3.05. The normalized spacial score (nSPS) is 10.8. The van der Waals surface area contributed by atoms with Gasteiger partial charge in [0.1, 0.15) is 0 Å². The Bertz CT molecular complexity index is 1780. The highest BCUT2D eigenvalue weighted by Gasteiger charge is 2.14. The van der Waals surface area contributed by atoms with Crippen LogP contribution in [0.1, 0.15) is 45.7 Å². The highest BCUT2D eigenvalue weighted by molar-refractivity contribution is 6.05. The lowest BCUT2D eigenvalue weighted by Gasteiger charge is -2.11. The molecule has 0 fully saturated rings. The number of amides is 2. The van der Waals surface area contributed by atoms with Crippen LogP contribution in [-0.2, 0) is 9.59 Å². The van der Waals surface area contributed by atoms with Gasteiger partial charge in [0.2, 0.25) is 0 Å². The van der Waals surface area contributed by atoms with Crippen molar-refractivity contribution in [2.24, 2.45) is 5.10 Å². The van der Waals surface area contributed by atoms with Crippen molar-refractivity contribution in [2.75, 3.05) is 19.0 Å². The molecule has 4 aromatic rings. The molecule has 4 rings (SSSR count). The third kappa shape index (κ3) is 9.38. The molecule has 2 N–H and O–H groups in total. The number of hydrazone groups is 1. The molecule has 0 atom stereocenters. The van der Waals surface area contributed by atoms with Gasteiger partial charge in [0.15, 0.2) is 23.0 Å². The maximum atomic E-state index is 12.8. The molecule has 0 spiro atoms. The van der Waals surface area contributed by atoms with Crippen LogP contribution in [0.25, 0.3) is 6.08 Å². The van der Waals surface area contributed by atoms with Gasteiger partial charge in [-0.05, 0) is 78.7 Å². The van der Waals surface area contributed by atoms with Crippen molar-refractivity contribution in [1.82, 2.24) is 5.43 Å². The van der Waals surface area contributed by atoms with Crippen LogP contribution in [0.2, 0.25) is 0 Å². The van der Waals surface area contributed by atoms with E-state index in [0.29, 0.717) is 23.6 Å². The second-order valence-electron chi connectivity index (χ2n) is 9.50. The van der Waals surface area contributed by atoms with Gasteiger partial charge in [0.25, 0.3) is 11.8 Å². The molecule has 234 valence electrons. The van der Waals surface area contributed by atoms with Crippen LogP contribution in [0.3, 0.4) is 0 Å². The molecule has 46 heavy (non-hydrogen) atoms. The van der Waals surface area contributed by atoms with Crippen molar-refractivity contribution in [3.63, 3.8) is 0 Å². The van der Waals surface area contributed by atoms with Gasteiger partial charge in [0, 0.05) is 29.8 Å². The predicted octanol–water partition coefficient (Wildman–Crippen LogP) is 5.65. The van der Waals surface area contributed by atoms with Crippen LogP contribution >= 0.6 is 0 Å². The predicted molar refractivity (Wildman–Crippen MR) is 172 cm³/mol. The molecule has 0 unspecified atom stereocenters. The van der Waals surface area contributed by atoms with Gasteiger partial charge in [-0.1, -0.05) is 36.4 Å². The third-order valence-corrected chi connectivity index (χ3v) is 6.13. The Morgan fingerprint density at radius 3 is 2.22 bits per heavy atom. The lowest BCUT2D eigenvalue weighted by Crippen LogP contribution is -2.18. The molecule has 0 saturated heterocycles. The number of hydrogen-bond acceptors (Lipinski definition) is 9. The summed E-state index contributed by atoms with van der Waals surface area (Å²) in [6.07, 6.45) is 4.40. The van der Waals surface area contributed by atoms with Crippen molar-refractivity contribution in [1.29, 1.82) is 0 Å². The summed E-state index contributed by atoms with van der Waals surface area (Å²) in [5.41, 5.74) is 4.77. The summed E-state index contributed by atoms with van der Waals surface area (Å²) in [7, 11) is 1.39. The summed E-state index contributed by atoms with van der Waals surface area (Å²) in [6, 6.07) is 24.9. The van der Waals surface area contributed by atoms with Gasteiger partial charge >= 0.3 is 11.9 Å². The van der Waals surface area contributed by atoms with E-state index in [1.165, 1.54) is 50.6 Å². The van der Waals surface area contributed by atoms with E-state index in [9.17, 15) is 19.2 Å². The molecular formula is C35H31N3O8. The minimum Gasteiger partial charge on any atom is -0.493 e. The van der Waals surface area contributed by atoms with E-state index in [-0.39, 0.29) is 28.4 Å². The van der Waals surface area contributed by atoms with Crippen LogP contribution in [0.4, 0.5) is 5.69 Å². The van der Waals surface area contributed by atoms with Gasteiger partial charge in [-0.15, -0.1) is 0 Å². The van der Waals surface area contributed by atoms with E-state index >= 15 is 0 Å². The number of nitrogens with one attached hydrogen (secondary N) is 2. The number of esters is 2. The highest BCUT2D eigenvalue weighted by Crippen LogP contribution is 2.29. The number of methoxy groups -OCH3 is 1. The molecule has 11 heteroatoms. The maximum Gasteiger partial charge on any atom is 0.336 e. The summed E-state index contributed by atoms with van der Waals surface area (Å²) < 4.78 is 21.4. The third-order valence-electron chi connectivity index (χ3n) is 6.13. The molecule has 0 heterocycles. The summed E-state index contributed by atoms with van der Waals surface area (Å²) in [5, 5.41) is 6.75. The minimum atomic E-state index is -0.561. The van der Waals surface area contributed by atoms with Crippen LogP contribution in [0.5, 0.6) is 23.0 Å². The first kappa shape index (κ1) is 32.7. The van der Waals surface area contributed by atoms with Crippen LogP contribution < -0.4 is 29.7 Å². The zero-order valence-corrected chi connectivity index (χ0v) is 25.3. The summed E-state index contributed by atoms with van der Waals surface area (Å²) >= 11 is 0. The zero-order valence-electron chi connectivity index (χ0n) is 25.3. The van der Waals surface area contributed by atoms with Crippen molar-refractivity contribution in [2.45, 2.75) is 13.8 Å². The number of nitrogens with zero attached hydrogens (tertiary/aromatic N) is 1. The number of carbonyl (C=O) groups is 4. The molecule has 0 aromatic heterocycles. The first-order valence-electron chi connectivity index (χ1n) is 14.1. The van der Waals surface area contributed by atoms with E-state index in [1.807, 2.05) is 30.3 Å². The molecule has 2 amide bonds. The van der Waals surface area contributed by atoms with Crippen molar-refractivity contribution in [3.05, 3.63) is 119 Å². The van der Waals surface area contributed by atoms with E-state index in [1.54, 1.807) is 49.4 Å². The Morgan fingerprint density at radius 1 is 0.739 bits per heavy atom. The topological polar surface area (TPSA) is 142 Å². The van der Waals surface area contributed by atoms with Crippen molar-refractivity contribution in [3.8, 4) is 23.0 Å². The van der Waals surface area contributed by atoms with Crippen molar-refractivity contribution < 1.29 is 38.1 Å². The summed E-state index contributed by atoms with van der Waals surface area (Å²) in [5.74, 6) is -1.08. The molecule has 0 radical (unpaired) electrons. The number of rotatable bonds is 12. The minimum absolute atomic E-state index is 0.186. The second kappa shape index (κ2) is 16.0. The lowest BCUT2D eigenvalue weighted by atomic mass is 10.1. The highest BCUT2D eigenvalue weighted by atomic mass is 16.6. The fraction of sp³-hybridized carbons (Fsp3) is 0.114. The lowest BCUT2D eigenvalue weighted by molar-refractivity contribution is -0.132. The quantitative estimate of drug-likeness (QED) is 0.0679. The molecular weight excluding hydrogens is 590 g/mol. The molecule has 0 bridgehead atoms. The number of ether oxygens (including phenoxy) is 4. The van der Waals surface area contributed by atoms with Crippen LogP contribution in [0, 0.1) is 0 Å². The fourth-order valence-corrected chi connectivity index (χ4v) is 4.05. The number of anilines is 1. The molecule has 11 nitrogen and oxygen atoms in total. The Hall–Kier alpha value is -6.23. The van der Waals surface area contributed by atoms with E-state index in [0.717, 1.165) is 5.56 Å². The monoisotopic (exact) mass is 621 g/mol. The number of carbonyl (C=O) groups excluding carboxylic acids is 4. The molecule has 0 saturated carbocycles. The van der Waals surface area contributed by atoms with Gasteiger partial charge in [-0.25, -0.2) is 10.2 Å². The molecule has 0 aliphatic heterocycles. The smallest absolute Gasteiger partial charge is 0.336 e. The van der Waals surface area contributed by atoms with Crippen LogP contribution in [0.15, 0.2) is 102 Å². The summed E-state index contributed by atoms with van der Waals surface area (Å²) in [4.78, 5) is 49.2. The summed E-state index contributed by atoms with van der Waals surface area (Å²) in [6.45, 7) is 3.40. The fourth-order valence-electron chi connectivity index (χ4n) is 4.05. The van der Waals surface area contributed by atoms with Gasteiger partial charge < -0.3 is 24.3 Å². The van der Waals surface area contributed by atoms with E-state index < -0.39 is 23.8 Å². The number of benzene rings is 4. The van der Waals surface area contributed by atoms with Gasteiger partial charge in [0.05, 0.1) is 19.9 Å². The average molecular weight is 622 g/mol. The Labute approximate surface area is 265 Å². The first-order chi connectivity index (χ1) is 22.2. The molecule has 0 aliphatic carbocycles. The van der Waals surface area contributed by atoms with E-state index in [2.05, 4.69) is 15.8 Å². The van der Waals surface area contributed by atoms with Gasteiger partial charge in [-0.3, -0.25) is 14.4 Å².